The largest absolute Gasteiger partial charge is 0.484 e. The van der Waals surface area contributed by atoms with Crippen molar-refractivity contribution in [1.29, 1.82) is 0 Å². The number of fused-ring (bicyclic) bond motifs is 1. The third kappa shape index (κ3) is 4.54. The van der Waals surface area contributed by atoms with Crippen molar-refractivity contribution >= 4 is 39.6 Å². The Balaban J connectivity index is 1.43. The molecule has 9 heteroatoms. The van der Waals surface area contributed by atoms with Crippen molar-refractivity contribution in [2.24, 2.45) is 11.8 Å². The van der Waals surface area contributed by atoms with Crippen LogP contribution in [-0.4, -0.2) is 41.7 Å². The molecule has 1 aromatic rings. The Bertz CT molecular complexity index is 767. The fourth-order valence-electron chi connectivity index (χ4n) is 3.06. The number of hydrazine groups is 1. The van der Waals surface area contributed by atoms with E-state index in [1.807, 2.05) is 12.2 Å². The Kier molecular flexibility index (Phi) is 5.90. The first-order valence-corrected chi connectivity index (χ1v) is 9.21. The second-order valence-corrected chi connectivity index (χ2v) is 7.17. The van der Waals surface area contributed by atoms with Crippen LogP contribution in [0.25, 0.3) is 0 Å². The Morgan fingerprint density at radius 3 is 2.15 bits per heavy atom. The number of allylic oxidation sites excluding steroid dienone is 2. The molecule has 27 heavy (non-hydrogen) atoms. The lowest BCUT2D eigenvalue weighted by molar-refractivity contribution is -0.144. The van der Waals surface area contributed by atoms with Crippen LogP contribution in [0.3, 0.4) is 0 Å². The second-order valence-electron chi connectivity index (χ2n) is 6.26. The lowest BCUT2D eigenvalue weighted by Crippen LogP contribution is -2.49. The standard InChI is InChI=1S/C18H18BrN3O5/c19-11-5-7-12(8-6-11)27-10-16(24)21-20-15(23)9-22-17(25)13-3-1-2-4-14(13)18(22)26/h1-2,5-8,13-14H,3-4,9-10H2,(H,20,23)(H,21,24)/t13-,14+. The van der Waals surface area contributed by atoms with Gasteiger partial charge in [0.05, 0.1) is 11.8 Å². The monoisotopic (exact) mass is 435 g/mol. The van der Waals surface area contributed by atoms with Gasteiger partial charge in [-0.3, -0.25) is 34.9 Å². The molecule has 0 aromatic heterocycles. The maximum atomic E-state index is 12.3. The number of hydrogen-bond acceptors (Lipinski definition) is 5. The van der Waals surface area contributed by atoms with Gasteiger partial charge < -0.3 is 4.74 Å². The van der Waals surface area contributed by atoms with Crippen LogP contribution >= 0.6 is 15.9 Å². The van der Waals surface area contributed by atoms with Crippen LogP contribution in [0.5, 0.6) is 5.75 Å². The van der Waals surface area contributed by atoms with Gasteiger partial charge in [0.25, 0.3) is 11.8 Å². The summed E-state index contributed by atoms with van der Waals surface area (Å²) in [5, 5.41) is 0. The number of amides is 4. The lowest BCUT2D eigenvalue weighted by Gasteiger charge is -2.15. The van der Waals surface area contributed by atoms with E-state index in [0.717, 1.165) is 9.37 Å². The average molecular weight is 436 g/mol. The van der Waals surface area contributed by atoms with Crippen molar-refractivity contribution in [3.8, 4) is 5.75 Å². The van der Waals surface area contributed by atoms with Gasteiger partial charge in [-0.25, -0.2) is 0 Å². The molecule has 1 heterocycles. The molecule has 3 rings (SSSR count). The van der Waals surface area contributed by atoms with Crippen molar-refractivity contribution in [2.75, 3.05) is 13.2 Å². The predicted molar refractivity (Wildman–Crippen MR) is 98.0 cm³/mol. The molecule has 2 aliphatic rings. The molecule has 4 amide bonds. The van der Waals surface area contributed by atoms with Crippen LogP contribution in [0.1, 0.15) is 12.8 Å². The topological polar surface area (TPSA) is 105 Å². The molecule has 1 fully saturated rings. The predicted octanol–water partition coefficient (Wildman–Crippen LogP) is 0.926. The van der Waals surface area contributed by atoms with Gasteiger partial charge in [0.2, 0.25) is 11.8 Å². The minimum absolute atomic E-state index is 0.292. The number of benzene rings is 1. The highest BCUT2D eigenvalue weighted by Crippen LogP contribution is 2.34. The van der Waals surface area contributed by atoms with Crippen molar-refractivity contribution in [3.63, 3.8) is 0 Å². The summed E-state index contributed by atoms with van der Waals surface area (Å²) in [6.07, 6.45) is 4.78. The smallest absolute Gasteiger partial charge is 0.276 e. The zero-order chi connectivity index (χ0) is 19.4. The molecule has 0 unspecified atom stereocenters. The Morgan fingerprint density at radius 2 is 1.56 bits per heavy atom. The van der Waals surface area contributed by atoms with Crippen LogP contribution in [0.2, 0.25) is 0 Å². The van der Waals surface area contributed by atoms with Gasteiger partial charge in [-0.2, -0.15) is 0 Å². The van der Waals surface area contributed by atoms with Gasteiger partial charge in [-0.1, -0.05) is 28.1 Å². The highest BCUT2D eigenvalue weighted by Gasteiger charge is 2.47. The van der Waals surface area contributed by atoms with Gasteiger partial charge in [-0.15, -0.1) is 0 Å². The van der Waals surface area contributed by atoms with Crippen molar-refractivity contribution < 1.29 is 23.9 Å². The quantitative estimate of drug-likeness (QED) is 0.406. The first kappa shape index (κ1) is 19.1. The minimum atomic E-state index is -0.653. The number of carbonyl (C=O) groups excluding carboxylic acids is 4. The number of nitrogens with one attached hydrogen (secondary N) is 2. The Hall–Kier alpha value is -2.68. The van der Waals surface area contributed by atoms with E-state index in [-0.39, 0.29) is 30.3 Å². The molecule has 0 bridgehead atoms. The molecular weight excluding hydrogens is 418 g/mol. The van der Waals surface area contributed by atoms with Crippen molar-refractivity contribution in [2.45, 2.75) is 12.8 Å². The Labute approximate surface area is 164 Å². The first-order valence-electron chi connectivity index (χ1n) is 8.42. The number of halogens is 1. The van der Waals surface area contributed by atoms with Gasteiger partial charge in [0.1, 0.15) is 12.3 Å². The first-order chi connectivity index (χ1) is 13.0. The molecule has 0 radical (unpaired) electrons. The number of rotatable bonds is 5. The zero-order valence-corrected chi connectivity index (χ0v) is 15.9. The van der Waals surface area contributed by atoms with E-state index in [2.05, 4.69) is 26.8 Å². The summed E-state index contributed by atoms with van der Waals surface area (Å²) in [7, 11) is 0. The summed E-state index contributed by atoms with van der Waals surface area (Å²) in [4.78, 5) is 49.3. The van der Waals surface area contributed by atoms with Gasteiger partial charge in [0.15, 0.2) is 6.61 Å². The molecule has 1 aliphatic heterocycles. The van der Waals surface area contributed by atoms with E-state index in [1.165, 1.54) is 0 Å². The van der Waals surface area contributed by atoms with Crippen LogP contribution < -0.4 is 15.6 Å². The molecule has 2 atom stereocenters. The summed E-state index contributed by atoms with van der Waals surface area (Å²) < 4.78 is 6.16. The number of imide groups is 1. The SMILES string of the molecule is O=C(COc1ccc(Br)cc1)NNC(=O)CN1C(=O)[C@H]2CC=CC[C@H]2C1=O. The number of likely N-dealkylation sites (tertiary alicyclic amines) is 1. The maximum absolute atomic E-state index is 12.3. The molecule has 2 N–H and O–H groups in total. The summed E-state index contributed by atoms with van der Waals surface area (Å²) >= 11 is 3.29. The Morgan fingerprint density at radius 1 is 1.00 bits per heavy atom. The van der Waals surface area contributed by atoms with Gasteiger partial charge in [-0.05, 0) is 37.1 Å². The third-order valence-electron chi connectivity index (χ3n) is 4.43. The third-order valence-corrected chi connectivity index (χ3v) is 4.95. The van der Waals surface area contributed by atoms with E-state index < -0.39 is 18.4 Å². The minimum Gasteiger partial charge on any atom is -0.484 e. The highest BCUT2D eigenvalue weighted by atomic mass is 79.9. The molecular formula is C18H18BrN3O5. The van der Waals surface area contributed by atoms with E-state index in [4.69, 9.17) is 4.74 Å². The molecule has 8 nitrogen and oxygen atoms in total. The van der Waals surface area contributed by atoms with Gasteiger partial charge >= 0.3 is 0 Å². The number of nitrogens with zero attached hydrogens (tertiary/aromatic N) is 1. The summed E-state index contributed by atoms with van der Waals surface area (Å²) in [6, 6.07) is 6.92. The normalized spacial score (nSPS) is 21.0. The van der Waals surface area contributed by atoms with E-state index in [1.54, 1.807) is 24.3 Å². The highest BCUT2D eigenvalue weighted by molar-refractivity contribution is 9.10. The molecule has 0 spiro atoms. The van der Waals surface area contributed by atoms with Crippen molar-refractivity contribution in [1.82, 2.24) is 15.8 Å². The summed E-state index contributed by atoms with van der Waals surface area (Å²) in [5.74, 6) is -2.16. The van der Waals surface area contributed by atoms with E-state index in [0.29, 0.717) is 18.6 Å². The zero-order valence-electron chi connectivity index (χ0n) is 14.3. The van der Waals surface area contributed by atoms with E-state index in [9.17, 15) is 19.2 Å². The summed E-state index contributed by atoms with van der Waals surface area (Å²) in [6.45, 7) is -0.710. The maximum Gasteiger partial charge on any atom is 0.276 e. The fourth-order valence-corrected chi connectivity index (χ4v) is 3.33. The second kappa shape index (κ2) is 8.34. The van der Waals surface area contributed by atoms with Crippen LogP contribution in [0.4, 0.5) is 0 Å². The molecule has 1 aromatic carbocycles. The number of carbonyl (C=O) groups is 4. The summed E-state index contributed by atoms with van der Waals surface area (Å²) in [5.41, 5.74) is 4.39. The van der Waals surface area contributed by atoms with Crippen LogP contribution in [0.15, 0.2) is 40.9 Å². The lowest BCUT2D eigenvalue weighted by atomic mass is 9.85. The van der Waals surface area contributed by atoms with E-state index >= 15 is 0 Å². The molecule has 0 saturated carbocycles. The number of ether oxygens (including phenoxy) is 1. The number of hydrogen-bond donors (Lipinski definition) is 2. The molecule has 1 aliphatic carbocycles. The molecule has 1 saturated heterocycles. The average Bonchev–Trinajstić information content (AvgIpc) is 2.91. The van der Waals surface area contributed by atoms with Crippen LogP contribution in [-0.2, 0) is 19.2 Å². The molecule has 142 valence electrons. The fraction of sp³-hybridized carbons (Fsp3) is 0.333. The van der Waals surface area contributed by atoms with Crippen LogP contribution in [0, 0.1) is 11.8 Å². The van der Waals surface area contributed by atoms with Gasteiger partial charge in [0, 0.05) is 4.47 Å². The van der Waals surface area contributed by atoms with Crippen molar-refractivity contribution in [3.05, 3.63) is 40.9 Å².